The standard InChI is InChI=1S/C19H26N2O5/c1-2-24-15-6-3-4-7-16(15)26-14-18(22)20-9-11-21(12-10-20)19(23)17-8-5-13-25-17/h3-4,6-7,17H,2,5,8-14H2,1H3. The van der Waals surface area contributed by atoms with Gasteiger partial charge in [0.25, 0.3) is 11.8 Å². The van der Waals surface area contributed by atoms with Gasteiger partial charge in [-0.25, -0.2) is 0 Å². The van der Waals surface area contributed by atoms with Gasteiger partial charge in [0, 0.05) is 32.8 Å². The molecule has 0 aliphatic carbocycles. The van der Waals surface area contributed by atoms with Gasteiger partial charge in [0.2, 0.25) is 0 Å². The summed E-state index contributed by atoms with van der Waals surface area (Å²) in [7, 11) is 0. The molecule has 0 saturated carbocycles. The Kier molecular flexibility index (Phi) is 6.33. The second-order valence-electron chi connectivity index (χ2n) is 6.38. The number of nitrogens with zero attached hydrogens (tertiary/aromatic N) is 2. The van der Waals surface area contributed by atoms with Crippen molar-refractivity contribution in [1.82, 2.24) is 9.80 Å². The van der Waals surface area contributed by atoms with Crippen molar-refractivity contribution in [2.75, 3.05) is 46.0 Å². The molecule has 0 bridgehead atoms. The van der Waals surface area contributed by atoms with Crippen molar-refractivity contribution in [3.63, 3.8) is 0 Å². The summed E-state index contributed by atoms with van der Waals surface area (Å²) in [4.78, 5) is 28.3. The number of hydrogen-bond acceptors (Lipinski definition) is 5. The van der Waals surface area contributed by atoms with E-state index < -0.39 is 0 Å². The fraction of sp³-hybridized carbons (Fsp3) is 0.579. The van der Waals surface area contributed by atoms with Crippen LogP contribution in [0.4, 0.5) is 0 Å². The van der Waals surface area contributed by atoms with E-state index in [2.05, 4.69) is 0 Å². The molecule has 2 amide bonds. The molecule has 0 aromatic heterocycles. The van der Waals surface area contributed by atoms with Crippen LogP contribution in [-0.4, -0.2) is 73.7 Å². The first-order valence-corrected chi connectivity index (χ1v) is 9.22. The molecule has 2 heterocycles. The van der Waals surface area contributed by atoms with E-state index in [9.17, 15) is 9.59 Å². The van der Waals surface area contributed by atoms with E-state index in [0.29, 0.717) is 50.9 Å². The highest BCUT2D eigenvalue weighted by atomic mass is 16.5. The average molecular weight is 362 g/mol. The fourth-order valence-corrected chi connectivity index (χ4v) is 3.23. The van der Waals surface area contributed by atoms with Crippen LogP contribution >= 0.6 is 0 Å². The highest BCUT2D eigenvalue weighted by Crippen LogP contribution is 2.26. The number of ether oxygens (including phenoxy) is 3. The van der Waals surface area contributed by atoms with Crippen molar-refractivity contribution in [3.8, 4) is 11.5 Å². The summed E-state index contributed by atoms with van der Waals surface area (Å²) in [5.41, 5.74) is 0. The van der Waals surface area contributed by atoms with Crippen LogP contribution in [0.15, 0.2) is 24.3 Å². The quantitative estimate of drug-likeness (QED) is 0.763. The molecule has 1 aromatic rings. The van der Waals surface area contributed by atoms with Gasteiger partial charge in [-0.1, -0.05) is 12.1 Å². The van der Waals surface area contributed by atoms with E-state index >= 15 is 0 Å². The summed E-state index contributed by atoms with van der Waals surface area (Å²) >= 11 is 0. The number of benzene rings is 1. The number of para-hydroxylation sites is 2. The predicted octanol–water partition coefficient (Wildman–Crippen LogP) is 1.31. The van der Waals surface area contributed by atoms with E-state index in [-0.39, 0.29) is 24.5 Å². The van der Waals surface area contributed by atoms with Gasteiger partial charge in [-0.05, 0) is 31.9 Å². The Hall–Kier alpha value is -2.28. The van der Waals surface area contributed by atoms with Crippen LogP contribution in [0.2, 0.25) is 0 Å². The van der Waals surface area contributed by atoms with E-state index in [1.165, 1.54) is 0 Å². The largest absolute Gasteiger partial charge is 0.490 e. The number of rotatable bonds is 6. The Morgan fingerprint density at radius 1 is 1.08 bits per heavy atom. The molecule has 1 aromatic carbocycles. The summed E-state index contributed by atoms with van der Waals surface area (Å²) in [6, 6.07) is 7.32. The van der Waals surface area contributed by atoms with Crippen molar-refractivity contribution in [3.05, 3.63) is 24.3 Å². The molecule has 2 aliphatic rings. The van der Waals surface area contributed by atoms with Gasteiger partial charge in [-0.3, -0.25) is 9.59 Å². The SMILES string of the molecule is CCOc1ccccc1OCC(=O)N1CCN(C(=O)C2CCCO2)CC1. The van der Waals surface area contributed by atoms with Crippen molar-refractivity contribution in [1.29, 1.82) is 0 Å². The van der Waals surface area contributed by atoms with Gasteiger partial charge >= 0.3 is 0 Å². The van der Waals surface area contributed by atoms with Crippen LogP contribution in [0.25, 0.3) is 0 Å². The Bertz CT molecular complexity index is 622. The van der Waals surface area contributed by atoms with Crippen molar-refractivity contribution < 1.29 is 23.8 Å². The number of amides is 2. The van der Waals surface area contributed by atoms with Gasteiger partial charge in [0.1, 0.15) is 6.10 Å². The van der Waals surface area contributed by atoms with E-state index in [1.807, 2.05) is 25.1 Å². The molecule has 0 radical (unpaired) electrons. The first-order chi connectivity index (χ1) is 12.7. The smallest absolute Gasteiger partial charge is 0.260 e. The van der Waals surface area contributed by atoms with Gasteiger partial charge in [-0.15, -0.1) is 0 Å². The van der Waals surface area contributed by atoms with E-state index in [4.69, 9.17) is 14.2 Å². The van der Waals surface area contributed by atoms with Crippen LogP contribution in [0.1, 0.15) is 19.8 Å². The molecule has 3 rings (SSSR count). The van der Waals surface area contributed by atoms with Gasteiger partial charge < -0.3 is 24.0 Å². The van der Waals surface area contributed by atoms with Gasteiger partial charge in [0.05, 0.1) is 6.61 Å². The number of carbonyl (C=O) groups excluding carboxylic acids is 2. The predicted molar refractivity (Wildman–Crippen MR) is 95.2 cm³/mol. The molecule has 2 saturated heterocycles. The molecule has 26 heavy (non-hydrogen) atoms. The highest BCUT2D eigenvalue weighted by Gasteiger charge is 2.31. The van der Waals surface area contributed by atoms with Crippen LogP contribution in [0.5, 0.6) is 11.5 Å². The molecule has 7 nitrogen and oxygen atoms in total. The maximum Gasteiger partial charge on any atom is 0.260 e. The lowest BCUT2D eigenvalue weighted by molar-refractivity contribution is -0.146. The van der Waals surface area contributed by atoms with Crippen molar-refractivity contribution in [2.45, 2.75) is 25.9 Å². The highest BCUT2D eigenvalue weighted by molar-refractivity contribution is 5.82. The molecule has 0 spiro atoms. The second-order valence-corrected chi connectivity index (χ2v) is 6.38. The molecule has 2 fully saturated rings. The summed E-state index contributed by atoms with van der Waals surface area (Å²) in [6.07, 6.45) is 1.44. The number of piperazine rings is 1. The minimum absolute atomic E-state index is 0.0379. The van der Waals surface area contributed by atoms with Crippen molar-refractivity contribution >= 4 is 11.8 Å². The Balaban J connectivity index is 1.46. The zero-order valence-corrected chi connectivity index (χ0v) is 15.2. The van der Waals surface area contributed by atoms with Crippen LogP contribution < -0.4 is 9.47 Å². The zero-order chi connectivity index (χ0) is 18.4. The van der Waals surface area contributed by atoms with Crippen LogP contribution in [0.3, 0.4) is 0 Å². The first-order valence-electron chi connectivity index (χ1n) is 9.22. The Morgan fingerprint density at radius 3 is 2.35 bits per heavy atom. The molecule has 1 unspecified atom stereocenters. The lowest BCUT2D eigenvalue weighted by Gasteiger charge is -2.35. The summed E-state index contributed by atoms with van der Waals surface area (Å²) in [6.45, 7) is 5.19. The lowest BCUT2D eigenvalue weighted by atomic mass is 10.2. The third-order valence-corrected chi connectivity index (χ3v) is 4.65. The minimum Gasteiger partial charge on any atom is -0.490 e. The summed E-state index contributed by atoms with van der Waals surface area (Å²) in [5.74, 6) is 1.17. The Labute approximate surface area is 153 Å². The second kappa shape index (κ2) is 8.89. The number of hydrogen-bond donors (Lipinski definition) is 0. The molecular weight excluding hydrogens is 336 g/mol. The topological polar surface area (TPSA) is 68.3 Å². The molecule has 7 heteroatoms. The van der Waals surface area contributed by atoms with Gasteiger partial charge in [-0.2, -0.15) is 0 Å². The third kappa shape index (κ3) is 4.46. The summed E-state index contributed by atoms with van der Waals surface area (Å²) in [5, 5.41) is 0. The number of carbonyl (C=O) groups is 2. The molecule has 1 atom stereocenters. The lowest BCUT2D eigenvalue weighted by Crippen LogP contribution is -2.53. The van der Waals surface area contributed by atoms with Crippen molar-refractivity contribution in [2.24, 2.45) is 0 Å². The van der Waals surface area contributed by atoms with Crippen LogP contribution in [0, 0.1) is 0 Å². The van der Waals surface area contributed by atoms with E-state index in [0.717, 1.165) is 12.8 Å². The third-order valence-electron chi connectivity index (χ3n) is 4.65. The monoisotopic (exact) mass is 362 g/mol. The first kappa shape index (κ1) is 18.5. The zero-order valence-electron chi connectivity index (χ0n) is 15.2. The maximum atomic E-state index is 12.4. The van der Waals surface area contributed by atoms with E-state index in [1.54, 1.807) is 15.9 Å². The van der Waals surface area contributed by atoms with Gasteiger partial charge in [0.15, 0.2) is 18.1 Å². The van der Waals surface area contributed by atoms with Crippen LogP contribution in [-0.2, 0) is 14.3 Å². The minimum atomic E-state index is -0.296. The molecule has 142 valence electrons. The Morgan fingerprint density at radius 2 is 1.73 bits per heavy atom. The summed E-state index contributed by atoms with van der Waals surface area (Å²) < 4.78 is 16.6. The molecule has 2 aliphatic heterocycles. The molecule has 0 N–H and O–H groups in total. The average Bonchev–Trinajstić information content (AvgIpc) is 3.21. The molecular formula is C19H26N2O5. The fourth-order valence-electron chi connectivity index (χ4n) is 3.23. The maximum absolute atomic E-state index is 12.4. The normalized spacial score (nSPS) is 20.1.